The number of anilines is 1. The van der Waals surface area contributed by atoms with Gasteiger partial charge in [-0.2, -0.15) is 0 Å². The molecule has 0 unspecified atom stereocenters. The second-order valence-corrected chi connectivity index (χ2v) is 8.80. The fourth-order valence-electron chi connectivity index (χ4n) is 2.89. The molecule has 0 spiro atoms. The monoisotopic (exact) mass is 440 g/mol. The second-order valence-electron chi connectivity index (χ2n) is 6.50. The maximum atomic E-state index is 13.0. The minimum Gasteiger partial charge on any atom is -0.348 e. The summed E-state index contributed by atoms with van der Waals surface area (Å²) in [5.74, 6) is -0.261. The highest BCUT2D eigenvalue weighted by Gasteiger charge is 2.23. The van der Waals surface area contributed by atoms with Gasteiger partial charge in [0.25, 0.3) is 15.9 Å². The van der Waals surface area contributed by atoms with Crippen LogP contribution in [-0.2, 0) is 16.6 Å². The summed E-state index contributed by atoms with van der Waals surface area (Å²) >= 11 is 5.96. The maximum Gasteiger partial charge on any atom is 0.264 e. The standard InChI is InChI=1S/C23H21ClN2O3S/c1-2-15-26(30(28,29)22-9-4-3-5-10-22)21-13-11-19(12-14-21)23(27)25-17-18-7-6-8-20(24)16-18/h2-14,16H,1,15,17H2,(H,25,27). The lowest BCUT2D eigenvalue weighted by atomic mass is 10.1. The van der Waals surface area contributed by atoms with E-state index in [0.29, 0.717) is 22.8 Å². The molecule has 3 aromatic rings. The average molecular weight is 441 g/mol. The van der Waals surface area contributed by atoms with Crippen LogP contribution in [0.3, 0.4) is 0 Å². The first-order chi connectivity index (χ1) is 14.4. The van der Waals surface area contributed by atoms with E-state index in [0.717, 1.165) is 5.56 Å². The number of benzene rings is 3. The van der Waals surface area contributed by atoms with E-state index in [1.54, 1.807) is 66.7 Å². The molecule has 1 N–H and O–H groups in total. The largest absolute Gasteiger partial charge is 0.348 e. The van der Waals surface area contributed by atoms with Crippen LogP contribution >= 0.6 is 11.6 Å². The van der Waals surface area contributed by atoms with E-state index in [1.165, 1.54) is 10.4 Å². The van der Waals surface area contributed by atoms with Gasteiger partial charge < -0.3 is 5.32 Å². The number of hydrogen-bond acceptors (Lipinski definition) is 3. The summed E-state index contributed by atoms with van der Waals surface area (Å²) in [6.45, 7) is 4.11. The van der Waals surface area contributed by atoms with Crippen molar-refractivity contribution in [3.63, 3.8) is 0 Å². The second kappa shape index (κ2) is 9.61. The lowest BCUT2D eigenvalue weighted by Crippen LogP contribution is -2.31. The van der Waals surface area contributed by atoms with Crippen LogP contribution in [0.15, 0.2) is 96.4 Å². The summed E-state index contributed by atoms with van der Waals surface area (Å²) in [6, 6.07) is 21.8. The molecule has 0 aromatic heterocycles. The Kier molecular flexibility index (Phi) is 6.92. The maximum absolute atomic E-state index is 13.0. The van der Waals surface area contributed by atoms with Crippen LogP contribution in [0.5, 0.6) is 0 Å². The summed E-state index contributed by atoms with van der Waals surface area (Å²) in [7, 11) is -3.75. The normalized spacial score (nSPS) is 11.0. The Morgan fingerprint density at radius 2 is 1.70 bits per heavy atom. The number of halogens is 1. The van der Waals surface area contributed by atoms with Crippen molar-refractivity contribution in [3.8, 4) is 0 Å². The zero-order chi connectivity index (χ0) is 21.6. The zero-order valence-corrected chi connectivity index (χ0v) is 17.7. The lowest BCUT2D eigenvalue weighted by molar-refractivity contribution is 0.0951. The fourth-order valence-corrected chi connectivity index (χ4v) is 4.56. The highest BCUT2D eigenvalue weighted by Crippen LogP contribution is 2.24. The van der Waals surface area contributed by atoms with Crippen LogP contribution in [-0.4, -0.2) is 20.9 Å². The number of nitrogens with one attached hydrogen (secondary N) is 1. The highest BCUT2D eigenvalue weighted by atomic mass is 35.5. The fraction of sp³-hybridized carbons (Fsp3) is 0.0870. The minimum absolute atomic E-state index is 0.109. The molecule has 0 atom stereocenters. The van der Waals surface area contributed by atoms with E-state index >= 15 is 0 Å². The molecule has 0 saturated carbocycles. The Morgan fingerprint density at radius 1 is 1.00 bits per heavy atom. The Morgan fingerprint density at radius 3 is 2.33 bits per heavy atom. The summed E-state index contributed by atoms with van der Waals surface area (Å²) < 4.78 is 27.3. The van der Waals surface area contributed by atoms with Crippen LogP contribution in [0.2, 0.25) is 5.02 Å². The molecule has 30 heavy (non-hydrogen) atoms. The van der Waals surface area contributed by atoms with E-state index in [2.05, 4.69) is 11.9 Å². The molecule has 0 aliphatic heterocycles. The van der Waals surface area contributed by atoms with Crippen LogP contribution in [0.25, 0.3) is 0 Å². The molecule has 0 radical (unpaired) electrons. The number of amides is 1. The molecule has 7 heteroatoms. The molecule has 0 saturated heterocycles. The van der Waals surface area contributed by atoms with Gasteiger partial charge in [-0.1, -0.05) is 48.0 Å². The van der Waals surface area contributed by atoms with Crippen molar-refractivity contribution in [1.29, 1.82) is 0 Å². The number of sulfonamides is 1. The van der Waals surface area contributed by atoms with Gasteiger partial charge in [0.15, 0.2) is 0 Å². The molecule has 3 aromatic carbocycles. The van der Waals surface area contributed by atoms with Crippen molar-refractivity contribution in [1.82, 2.24) is 5.32 Å². The molecule has 0 heterocycles. The molecule has 0 bridgehead atoms. The Bertz CT molecular complexity index is 1130. The summed E-state index contributed by atoms with van der Waals surface area (Å²) in [5, 5.41) is 3.43. The van der Waals surface area contributed by atoms with Crippen molar-refractivity contribution < 1.29 is 13.2 Å². The molecular formula is C23H21ClN2O3S. The predicted molar refractivity (Wildman–Crippen MR) is 120 cm³/mol. The molecule has 0 fully saturated rings. The van der Waals surface area contributed by atoms with Gasteiger partial charge in [-0.25, -0.2) is 8.42 Å². The Balaban J connectivity index is 1.77. The van der Waals surface area contributed by atoms with Crippen molar-refractivity contribution in [2.24, 2.45) is 0 Å². The molecule has 5 nitrogen and oxygen atoms in total. The number of nitrogens with zero attached hydrogens (tertiary/aromatic N) is 1. The van der Waals surface area contributed by atoms with E-state index in [4.69, 9.17) is 11.6 Å². The van der Waals surface area contributed by atoms with Gasteiger partial charge in [-0.05, 0) is 54.1 Å². The topological polar surface area (TPSA) is 66.5 Å². The number of rotatable bonds is 8. The summed E-state index contributed by atoms with van der Waals surface area (Å²) in [5.41, 5.74) is 1.76. The van der Waals surface area contributed by atoms with Crippen LogP contribution in [0.4, 0.5) is 5.69 Å². The first-order valence-corrected chi connectivity index (χ1v) is 11.0. The van der Waals surface area contributed by atoms with Gasteiger partial charge in [0.2, 0.25) is 0 Å². The minimum atomic E-state index is -3.75. The third-order valence-corrected chi connectivity index (χ3v) is 6.43. The molecule has 1 amide bonds. The molecule has 0 aliphatic carbocycles. The van der Waals surface area contributed by atoms with Crippen LogP contribution in [0, 0.1) is 0 Å². The quantitative estimate of drug-likeness (QED) is 0.518. The van der Waals surface area contributed by atoms with Crippen molar-refractivity contribution in [3.05, 3.63) is 108 Å². The molecule has 3 rings (SSSR count). The third kappa shape index (κ3) is 5.09. The van der Waals surface area contributed by atoms with E-state index in [9.17, 15) is 13.2 Å². The van der Waals surface area contributed by atoms with Gasteiger partial charge in [0.1, 0.15) is 0 Å². The van der Waals surface area contributed by atoms with Gasteiger partial charge in [-0.15, -0.1) is 6.58 Å². The predicted octanol–water partition coefficient (Wildman–Crippen LogP) is 4.65. The van der Waals surface area contributed by atoms with Crippen molar-refractivity contribution in [2.75, 3.05) is 10.8 Å². The highest BCUT2D eigenvalue weighted by molar-refractivity contribution is 7.92. The number of carbonyl (C=O) groups excluding carboxylic acids is 1. The van der Waals surface area contributed by atoms with E-state index < -0.39 is 10.0 Å². The lowest BCUT2D eigenvalue weighted by Gasteiger charge is -2.23. The molecule has 154 valence electrons. The Labute approximate surface area is 181 Å². The number of carbonyl (C=O) groups is 1. The SMILES string of the molecule is C=CCN(c1ccc(C(=O)NCc2cccc(Cl)c2)cc1)S(=O)(=O)c1ccccc1. The van der Waals surface area contributed by atoms with Crippen LogP contribution < -0.4 is 9.62 Å². The van der Waals surface area contributed by atoms with Gasteiger partial charge in [-0.3, -0.25) is 9.10 Å². The van der Waals surface area contributed by atoms with Crippen molar-refractivity contribution in [2.45, 2.75) is 11.4 Å². The van der Waals surface area contributed by atoms with Crippen molar-refractivity contribution >= 4 is 33.2 Å². The van der Waals surface area contributed by atoms with Crippen LogP contribution in [0.1, 0.15) is 15.9 Å². The smallest absolute Gasteiger partial charge is 0.264 e. The van der Waals surface area contributed by atoms with E-state index in [1.807, 2.05) is 12.1 Å². The van der Waals surface area contributed by atoms with Gasteiger partial charge in [0, 0.05) is 17.1 Å². The average Bonchev–Trinajstić information content (AvgIpc) is 2.76. The first-order valence-electron chi connectivity index (χ1n) is 9.23. The number of hydrogen-bond donors (Lipinski definition) is 1. The summed E-state index contributed by atoms with van der Waals surface area (Å²) in [6.07, 6.45) is 1.52. The molecular weight excluding hydrogens is 420 g/mol. The first kappa shape index (κ1) is 21.6. The van der Waals surface area contributed by atoms with Gasteiger partial charge >= 0.3 is 0 Å². The van der Waals surface area contributed by atoms with E-state index in [-0.39, 0.29) is 17.3 Å². The summed E-state index contributed by atoms with van der Waals surface area (Å²) in [4.78, 5) is 12.6. The molecule has 0 aliphatic rings. The zero-order valence-electron chi connectivity index (χ0n) is 16.2. The Hall–Kier alpha value is -3.09. The third-order valence-electron chi connectivity index (χ3n) is 4.39. The van der Waals surface area contributed by atoms with Gasteiger partial charge in [0.05, 0.1) is 17.1 Å².